The van der Waals surface area contributed by atoms with Crippen molar-refractivity contribution in [2.24, 2.45) is 0 Å². The second kappa shape index (κ2) is 10.5. The molecule has 2 N–H and O–H groups in total. The van der Waals surface area contributed by atoms with Gasteiger partial charge in [-0.25, -0.2) is 0 Å². The van der Waals surface area contributed by atoms with Gasteiger partial charge in [-0.15, -0.1) is 11.8 Å². The molecular formula is C19H25N3O2S. The molecule has 134 valence electrons. The van der Waals surface area contributed by atoms with Crippen LogP contribution in [0.3, 0.4) is 0 Å². The second-order valence-electron chi connectivity index (χ2n) is 5.68. The Bertz CT molecular complexity index is 707. The van der Waals surface area contributed by atoms with E-state index < -0.39 is 0 Å². The van der Waals surface area contributed by atoms with E-state index in [0.717, 1.165) is 5.56 Å². The van der Waals surface area contributed by atoms with Crippen LogP contribution in [0.15, 0.2) is 41.3 Å². The van der Waals surface area contributed by atoms with Gasteiger partial charge < -0.3 is 20.1 Å². The molecule has 0 amide bonds. The Morgan fingerprint density at radius 1 is 1.12 bits per heavy atom. The number of nitrogen functional groups attached to an aromatic ring is 1. The van der Waals surface area contributed by atoms with E-state index in [9.17, 15) is 0 Å². The van der Waals surface area contributed by atoms with E-state index in [1.165, 1.54) is 12.0 Å². The molecule has 0 aromatic heterocycles. The average molecular weight is 359 g/mol. The van der Waals surface area contributed by atoms with Crippen molar-refractivity contribution in [1.82, 2.24) is 4.90 Å². The maximum atomic E-state index is 8.96. The van der Waals surface area contributed by atoms with Crippen molar-refractivity contribution in [2.75, 3.05) is 40.2 Å². The summed E-state index contributed by atoms with van der Waals surface area (Å²) < 4.78 is 11.0. The van der Waals surface area contributed by atoms with Crippen LogP contribution in [0.2, 0.25) is 0 Å². The van der Waals surface area contributed by atoms with E-state index in [1.54, 1.807) is 23.9 Å². The van der Waals surface area contributed by atoms with Crippen LogP contribution >= 0.6 is 11.8 Å². The first kappa shape index (κ1) is 20.7. The number of hydrogen-bond donors (Lipinski definition) is 1. The number of rotatable bonds is 5. The molecule has 0 heterocycles. The van der Waals surface area contributed by atoms with Gasteiger partial charge in [-0.05, 0) is 45.1 Å². The Hall–Kier alpha value is -2.36. The highest BCUT2D eigenvalue weighted by Crippen LogP contribution is 2.32. The number of nitrogens with two attached hydrogens (primary N) is 1. The van der Waals surface area contributed by atoms with Crippen LogP contribution in [-0.4, -0.2) is 39.4 Å². The van der Waals surface area contributed by atoms with Crippen LogP contribution in [0.4, 0.5) is 5.69 Å². The smallest absolute Gasteiger partial charge is 0.163 e. The molecule has 2 aromatic rings. The Balaban J connectivity index is 0.000000705. The standard InChI is InChI=1S/C16H16N2O2S.C3H9N/c1-19-15-7-12(9-17)14(18)8-16(15)20-10-11-3-5-13(21-2)6-4-11;1-4(2)3/h3-8H,10,18H2,1-2H3;1-3H3. The zero-order valence-corrected chi connectivity index (χ0v) is 16.2. The summed E-state index contributed by atoms with van der Waals surface area (Å²) in [6.45, 7) is 0.413. The maximum Gasteiger partial charge on any atom is 0.163 e. The lowest BCUT2D eigenvalue weighted by Gasteiger charge is -2.12. The molecule has 0 fully saturated rings. The summed E-state index contributed by atoms with van der Waals surface area (Å²) in [5.41, 5.74) is 7.61. The fourth-order valence-electron chi connectivity index (χ4n) is 1.83. The van der Waals surface area contributed by atoms with Crippen LogP contribution in [0.1, 0.15) is 11.1 Å². The lowest BCUT2D eigenvalue weighted by molar-refractivity contribution is 0.284. The molecule has 0 atom stereocenters. The Morgan fingerprint density at radius 3 is 2.20 bits per heavy atom. The Labute approximate surface area is 154 Å². The van der Waals surface area contributed by atoms with Gasteiger partial charge in [-0.1, -0.05) is 12.1 Å². The molecule has 0 spiro atoms. The fourth-order valence-corrected chi connectivity index (χ4v) is 2.24. The molecule has 0 saturated heterocycles. The minimum absolute atomic E-state index is 0.378. The van der Waals surface area contributed by atoms with Crippen molar-refractivity contribution in [3.05, 3.63) is 47.5 Å². The lowest BCUT2D eigenvalue weighted by Crippen LogP contribution is -2.00. The molecule has 2 aromatic carbocycles. The minimum Gasteiger partial charge on any atom is -0.493 e. The van der Waals surface area contributed by atoms with Gasteiger partial charge in [0.15, 0.2) is 11.5 Å². The highest BCUT2D eigenvalue weighted by atomic mass is 32.2. The molecule has 0 unspecified atom stereocenters. The number of thioether (sulfide) groups is 1. The predicted molar refractivity (Wildman–Crippen MR) is 104 cm³/mol. The molecular weight excluding hydrogens is 334 g/mol. The van der Waals surface area contributed by atoms with Crippen LogP contribution in [0, 0.1) is 11.3 Å². The maximum absolute atomic E-state index is 8.96. The van der Waals surface area contributed by atoms with Gasteiger partial charge in [0.2, 0.25) is 0 Å². The van der Waals surface area contributed by atoms with Crippen molar-refractivity contribution < 1.29 is 9.47 Å². The van der Waals surface area contributed by atoms with Crippen molar-refractivity contribution in [2.45, 2.75) is 11.5 Å². The Kier molecular flexibility index (Phi) is 8.68. The molecule has 6 heteroatoms. The summed E-state index contributed by atoms with van der Waals surface area (Å²) in [6.07, 6.45) is 2.04. The third-order valence-electron chi connectivity index (χ3n) is 3.01. The highest BCUT2D eigenvalue weighted by Gasteiger charge is 2.10. The van der Waals surface area contributed by atoms with Crippen molar-refractivity contribution in [3.8, 4) is 17.6 Å². The molecule has 0 radical (unpaired) electrons. The predicted octanol–water partition coefficient (Wildman–Crippen LogP) is 3.63. The van der Waals surface area contributed by atoms with Gasteiger partial charge in [0.05, 0.1) is 18.4 Å². The first-order valence-electron chi connectivity index (χ1n) is 7.65. The molecule has 0 saturated carbocycles. The lowest BCUT2D eigenvalue weighted by atomic mass is 10.1. The molecule has 0 aliphatic heterocycles. The summed E-state index contributed by atoms with van der Waals surface area (Å²) in [5.74, 6) is 1.03. The van der Waals surface area contributed by atoms with E-state index in [-0.39, 0.29) is 0 Å². The third kappa shape index (κ3) is 6.96. The number of nitrogens with zero attached hydrogens (tertiary/aromatic N) is 2. The molecule has 25 heavy (non-hydrogen) atoms. The van der Waals surface area contributed by atoms with E-state index in [4.69, 9.17) is 20.5 Å². The monoisotopic (exact) mass is 359 g/mol. The fraction of sp³-hybridized carbons (Fsp3) is 0.316. The van der Waals surface area contributed by atoms with E-state index >= 15 is 0 Å². The van der Waals surface area contributed by atoms with Crippen LogP contribution in [0.25, 0.3) is 0 Å². The molecule has 0 aliphatic carbocycles. The summed E-state index contributed by atoms with van der Waals surface area (Å²) in [4.78, 5) is 3.21. The van der Waals surface area contributed by atoms with Crippen LogP contribution in [-0.2, 0) is 6.61 Å². The van der Waals surface area contributed by atoms with Gasteiger partial charge in [0.1, 0.15) is 12.7 Å². The van der Waals surface area contributed by atoms with Crippen molar-refractivity contribution in [1.29, 1.82) is 5.26 Å². The summed E-state index contributed by atoms with van der Waals surface area (Å²) in [7, 11) is 7.53. The SMILES string of the molecule is CN(C)C.COc1cc(C#N)c(N)cc1OCc1ccc(SC)cc1. The van der Waals surface area contributed by atoms with Gasteiger partial charge in [0, 0.05) is 17.0 Å². The zero-order valence-electron chi connectivity index (χ0n) is 15.4. The highest BCUT2D eigenvalue weighted by molar-refractivity contribution is 7.98. The normalized spacial score (nSPS) is 9.80. The van der Waals surface area contributed by atoms with Crippen molar-refractivity contribution in [3.63, 3.8) is 0 Å². The third-order valence-corrected chi connectivity index (χ3v) is 3.75. The minimum atomic E-state index is 0.378. The Morgan fingerprint density at radius 2 is 1.72 bits per heavy atom. The van der Waals surface area contributed by atoms with Crippen molar-refractivity contribution >= 4 is 17.4 Å². The molecule has 0 bridgehead atoms. The number of ether oxygens (including phenoxy) is 2. The topological polar surface area (TPSA) is 71.5 Å². The van der Waals surface area contributed by atoms with Gasteiger partial charge >= 0.3 is 0 Å². The number of anilines is 1. The quantitative estimate of drug-likeness (QED) is 0.649. The van der Waals surface area contributed by atoms with Crippen LogP contribution < -0.4 is 15.2 Å². The summed E-state index contributed by atoms with van der Waals surface area (Å²) in [6, 6.07) is 13.4. The van der Waals surface area contributed by atoms with Gasteiger partial charge in [-0.3, -0.25) is 0 Å². The van der Waals surface area contributed by atoms with E-state index in [2.05, 4.69) is 0 Å². The first-order valence-corrected chi connectivity index (χ1v) is 8.88. The van der Waals surface area contributed by atoms with Gasteiger partial charge in [0.25, 0.3) is 0 Å². The summed E-state index contributed by atoms with van der Waals surface area (Å²) >= 11 is 1.70. The van der Waals surface area contributed by atoms with E-state index in [1.807, 2.05) is 62.6 Å². The molecule has 2 rings (SSSR count). The first-order chi connectivity index (χ1) is 11.9. The largest absolute Gasteiger partial charge is 0.493 e. The molecule has 0 aliphatic rings. The van der Waals surface area contributed by atoms with Crippen LogP contribution in [0.5, 0.6) is 11.5 Å². The average Bonchev–Trinajstić information content (AvgIpc) is 2.60. The molecule has 5 nitrogen and oxygen atoms in total. The zero-order chi connectivity index (χ0) is 18.8. The van der Waals surface area contributed by atoms with Gasteiger partial charge in [-0.2, -0.15) is 5.26 Å². The second-order valence-corrected chi connectivity index (χ2v) is 6.56. The number of benzene rings is 2. The number of methoxy groups -OCH3 is 1. The number of nitriles is 1. The number of hydrogen-bond acceptors (Lipinski definition) is 6. The summed E-state index contributed by atoms with van der Waals surface area (Å²) in [5, 5.41) is 8.96. The van der Waals surface area contributed by atoms with E-state index in [0.29, 0.717) is 29.4 Å².